The fraction of sp³-hybridized carbons (Fsp3) is 0.923. The van der Waals surface area contributed by atoms with Crippen LogP contribution in [0.4, 0.5) is 0 Å². The molecule has 16 heavy (non-hydrogen) atoms. The minimum Gasteiger partial charge on any atom is -0.342 e. The third-order valence-corrected chi connectivity index (χ3v) is 3.57. The fourth-order valence-electron chi connectivity index (χ4n) is 2.13. The summed E-state index contributed by atoms with van der Waals surface area (Å²) in [6.07, 6.45) is 7.81. The molecule has 0 aromatic rings. The summed E-state index contributed by atoms with van der Waals surface area (Å²) in [6.45, 7) is 4.59. The zero-order chi connectivity index (χ0) is 12.0. The molecule has 0 saturated heterocycles. The predicted molar refractivity (Wildman–Crippen MR) is 67.4 cm³/mol. The van der Waals surface area contributed by atoms with Crippen LogP contribution < -0.4 is 5.32 Å². The Morgan fingerprint density at radius 1 is 1.25 bits per heavy atom. The van der Waals surface area contributed by atoms with Crippen LogP contribution in [0.1, 0.15) is 52.4 Å². The van der Waals surface area contributed by atoms with Crippen molar-refractivity contribution in [2.24, 2.45) is 0 Å². The second kappa shape index (κ2) is 6.89. The quantitative estimate of drug-likeness (QED) is 0.745. The van der Waals surface area contributed by atoms with Gasteiger partial charge in [0.05, 0.1) is 6.54 Å². The maximum atomic E-state index is 11.8. The molecule has 0 aromatic carbocycles. The summed E-state index contributed by atoms with van der Waals surface area (Å²) in [6, 6.07) is 0.857. The van der Waals surface area contributed by atoms with E-state index in [4.69, 9.17) is 0 Å². The van der Waals surface area contributed by atoms with Crippen molar-refractivity contribution < 1.29 is 4.79 Å². The van der Waals surface area contributed by atoms with Gasteiger partial charge in [-0.15, -0.1) is 0 Å². The van der Waals surface area contributed by atoms with Crippen molar-refractivity contribution in [1.29, 1.82) is 0 Å². The average Bonchev–Trinajstić information content (AvgIpc) is 2.53. The lowest BCUT2D eigenvalue weighted by molar-refractivity contribution is -0.130. The smallest absolute Gasteiger partial charge is 0.236 e. The van der Waals surface area contributed by atoms with Crippen molar-refractivity contribution in [2.45, 2.75) is 64.5 Å². The Labute approximate surface area is 99.6 Å². The predicted octanol–water partition coefficient (Wildman–Crippen LogP) is 2.17. The number of carbonyl (C=O) groups is 1. The molecule has 0 aliphatic heterocycles. The van der Waals surface area contributed by atoms with E-state index in [2.05, 4.69) is 5.32 Å². The lowest BCUT2D eigenvalue weighted by atomic mass is 10.1. The van der Waals surface area contributed by atoms with Crippen LogP contribution in [0, 0.1) is 0 Å². The van der Waals surface area contributed by atoms with Gasteiger partial charge in [-0.2, -0.15) is 0 Å². The van der Waals surface area contributed by atoms with Gasteiger partial charge < -0.3 is 10.2 Å². The summed E-state index contributed by atoms with van der Waals surface area (Å²) in [7, 11) is 1.88. The number of amides is 1. The lowest BCUT2D eigenvalue weighted by Gasteiger charge is -2.23. The monoisotopic (exact) mass is 226 g/mol. The summed E-state index contributed by atoms with van der Waals surface area (Å²) in [5, 5.41) is 3.41. The van der Waals surface area contributed by atoms with Gasteiger partial charge in [0.15, 0.2) is 0 Å². The maximum Gasteiger partial charge on any atom is 0.236 e. The molecule has 1 aliphatic carbocycles. The van der Waals surface area contributed by atoms with Gasteiger partial charge in [0.1, 0.15) is 0 Å². The third kappa shape index (κ3) is 4.52. The molecule has 1 fully saturated rings. The van der Waals surface area contributed by atoms with E-state index in [1.807, 2.05) is 25.8 Å². The van der Waals surface area contributed by atoms with E-state index in [0.717, 1.165) is 0 Å². The molecule has 3 nitrogen and oxygen atoms in total. The number of hydrogen-bond donors (Lipinski definition) is 1. The summed E-state index contributed by atoms with van der Waals surface area (Å²) in [5.41, 5.74) is 0. The van der Waals surface area contributed by atoms with Crippen LogP contribution >= 0.6 is 0 Å². The van der Waals surface area contributed by atoms with Gasteiger partial charge in [-0.05, 0) is 26.7 Å². The normalized spacial score (nSPS) is 18.5. The van der Waals surface area contributed by atoms with Crippen molar-refractivity contribution in [3.63, 3.8) is 0 Å². The summed E-state index contributed by atoms with van der Waals surface area (Å²) in [4.78, 5) is 13.6. The molecule has 1 saturated carbocycles. The van der Waals surface area contributed by atoms with Crippen molar-refractivity contribution >= 4 is 5.91 Å². The molecule has 0 spiro atoms. The highest BCUT2D eigenvalue weighted by molar-refractivity contribution is 5.78. The molecule has 0 unspecified atom stereocenters. The Bertz CT molecular complexity index is 208. The molecule has 1 rings (SSSR count). The van der Waals surface area contributed by atoms with Crippen LogP contribution in [0.15, 0.2) is 0 Å². The highest BCUT2D eigenvalue weighted by atomic mass is 16.2. The van der Waals surface area contributed by atoms with Crippen LogP contribution in [0.25, 0.3) is 0 Å². The maximum absolute atomic E-state index is 11.8. The Balaban J connectivity index is 2.24. The SMILES string of the molecule is CC(C)N(C)C(=O)CNC1CCCCCC1. The molecule has 0 radical (unpaired) electrons. The fourth-order valence-corrected chi connectivity index (χ4v) is 2.13. The molecule has 1 N–H and O–H groups in total. The topological polar surface area (TPSA) is 32.3 Å². The third-order valence-electron chi connectivity index (χ3n) is 3.57. The van der Waals surface area contributed by atoms with Crippen LogP contribution in [0.5, 0.6) is 0 Å². The first-order valence-corrected chi connectivity index (χ1v) is 6.60. The minimum atomic E-state index is 0.208. The Kier molecular flexibility index (Phi) is 5.81. The number of hydrogen-bond acceptors (Lipinski definition) is 2. The van der Waals surface area contributed by atoms with Gasteiger partial charge in [0.25, 0.3) is 0 Å². The van der Waals surface area contributed by atoms with E-state index in [1.54, 1.807) is 0 Å². The van der Waals surface area contributed by atoms with E-state index in [9.17, 15) is 4.79 Å². The summed E-state index contributed by atoms with van der Waals surface area (Å²) >= 11 is 0. The summed E-state index contributed by atoms with van der Waals surface area (Å²) < 4.78 is 0. The first-order valence-electron chi connectivity index (χ1n) is 6.60. The zero-order valence-corrected chi connectivity index (χ0v) is 11.0. The number of nitrogens with one attached hydrogen (secondary N) is 1. The summed E-state index contributed by atoms with van der Waals surface area (Å²) in [5.74, 6) is 0.208. The van der Waals surface area contributed by atoms with Crippen LogP contribution in [-0.2, 0) is 4.79 Å². The molecule has 0 bridgehead atoms. The zero-order valence-electron chi connectivity index (χ0n) is 11.0. The largest absolute Gasteiger partial charge is 0.342 e. The van der Waals surface area contributed by atoms with Crippen molar-refractivity contribution in [3.8, 4) is 0 Å². The Morgan fingerprint density at radius 2 is 1.81 bits per heavy atom. The van der Waals surface area contributed by atoms with E-state index >= 15 is 0 Å². The number of nitrogens with zero attached hydrogens (tertiary/aromatic N) is 1. The van der Waals surface area contributed by atoms with E-state index in [0.29, 0.717) is 18.6 Å². The molecule has 0 atom stereocenters. The van der Waals surface area contributed by atoms with Gasteiger partial charge in [-0.3, -0.25) is 4.79 Å². The van der Waals surface area contributed by atoms with Crippen molar-refractivity contribution in [3.05, 3.63) is 0 Å². The molecule has 3 heteroatoms. The van der Waals surface area contributed by atoms with Gasteiger partial charge in [0, 0.05) is 19.1 Å². The van der Waals surface area contributed by atoms with Gasteiger partial charge >= 0.3 is 0 Å². The van der Waals surface area contributed by atoms with Gasteiger partial charge in [0.2, 0.25) is 5.91 Å². The Hall–Kier alpha value is -0.570. The second-order valence-electron chi connectivity index (χ2n) is 5.17. The number of rotatable bonds is 4. The van der Waals surface area contributed by atoms with Gasteiger partial charge in [-0.1, -0.05) is 25.7 Å². The van der Waals surface area contributed by atoms with E-state index in [-0.39, 0.29) is 5.91 Å². The molecule has 1 aliphatic rings. The van der Waals surface area contributed by atoms with Crippen LogP contribution in [-0.4, -0.2) is 36.5 Å². The molecular formula is C13H26N2O. The van der Waals surface area contributed by atoms with Crippen LogP contribution in [0.2, 0.25) is 0 Å². The highest BCUT2D eigenvalue weighted by Gasteiger charge is 2.15. The lowest BCUT2D eigenvalue weighted by Crippen LogP contribution is -2.42. The molecule has 1 amide bonds. The average molecular weight is 226 g/mol. The van der Waals surface area contributed by atoms with Crippen molar-refractivity contribution in [2.75, 3.05) is 13.6 Å². The minimum absolute atomic E-state index is 0.208. The molecule has 0 aromatic heterocycles. The molecule has 0 heterocycles. The second-order valence-corrected chi connectivity index (χ2v) is 5.17. The highest BCUT2D eigenvalue weighted by Crippen LogP contribution is 2.16. The Morgan fingerprint density at radius 3 is 2.31 bits per heavy atom. The van der Waals surface area contributed by atoms with Gasteiger partial charge in [-0.25, -0.2) is 0 Å². The van der Waals surface area contributed by atoms with Crippen LogP contribution in [0.3, 0.4) is 0 Å². The number of likely N-dealkylation sites (N-methyl/N-ethyl adjacent to an activating group) is 1. The van der Waals surface area contributed by atoms with E-state index in [1.165, 1.54) is 38.5 Å². The number of carbonyl (C=O) groups excluding carboxylic acids is 1. The first-order chi connectivity index (χ1) is 7.61. The van der Waals surface area contributed by atoms with E-state index < -0.39 is 0 Å². The standard InChI is InChI=1S/C13H26N2O/c1-11(2)15(3)13(16)10-14-12-8-6-4-5-7-9-12/h11-12,14H,4-10H2,1-3H3. The first kappa shape index (κ1) is 13.5. The molecular weight excluding hydrogens is 200 g/mol. The van der Waals surface area contributed by atoms with Crippen molar-refractivity contribution in [1.82, 2.24) is 10.2 Å². The molecule has 94 valence electrons.